The van der Waals surface area contributed by atoms with Gasteiger partial charge in [0.05, 0.1) is 13.2 Å². The number of ether oxygens (including phenoxy) is 1. The number of carbonyl (C=O) groups is 2. The van der Waals surface area contributed by atoms with Crippen LogP contribution in [0.4, 0.5) is 17.1 Å². The molecule has 0 radical (unpaired) electrons. The van der Waals surface area contributed by atoms with Gasteiger partial charge in [-0.2, -0.15) is 0 Å². The molecule has 0 saturated carbocycles. The topological polar surface area (TPSA) is 70.7 Å². The third kappa shape index (κ3) is 8.18. The molecule has 0 bridgehead atoms. The first kappa shape index (κ1) is 25.8. The highest BCUT2D eigenvalue weighted by Crippen LogP contribution is 2.20. The molecule has 2 N–H and O–H groups in total. The van der Waals surface area contributed by atoms with Crippen molar-refractivity contribution in [3.05, 3.63) is 84.4 Å². The Morgan fingerprint density at radius 2 is 1.60 bits per heavy atom. The molecule has 0 fully saturated rings. The van der Waals surface area contributed by atoms with Crippen molar-refractivity contribution >= 4 is 28.9 Å². The van der Waals surface area contributed by atoms with Gasteiger partial charge in [-0.15, -0.1) is 0 Å². The minimum atomic E-state index is -0.198. The minimum Gasteiger partial charge on any atom is -0.494 e. The summed E-state index contributed by atoms with van der Waals surface area (Å²) in [6, 6.07) is 24.2. The molecule has 0 atom stereocenters. The molecule has 6 nitrogen and oxygen atoms in total. The van der Waals surface area contributed by atoms with Gasteiger partial charge in [0, 0.05) is 35.2 Å². The second-order valence-corrected chi connectivity index (χ2v) is 8.30. The third-order valence-electron chi connectivity index (χ3n) is 5.58. The Labute approximate surface area is 208 Å². The summed E-state index contributed by atoms with van der Waals surface area (Å²) in [7, 11) is 0. The number of benzene rings is 3. The van der Waals surface area contributed by atoms with Crippen LogP contribution in [0.3, 0.4) is 0 Å². The molecule has 6 heteroatoms. The monoisotopic (exact) mass is 473 g/mol. The van der Waals surface area contributed by atoms with Gasteiger partial charge in [0.2, 0.25) is 5.91 Å². The van der Waals surface area contributed by atoms with E-state index in [1.54, 1.807) is 29.2 Å². The van der Waals surface area contributed by atoms with Gasteiger partial charge in [0.15, 0.2) is 0 Å². The van der Waals surface area contributed by atoms with E-state index in [1.807, 2.05) is 61.5 Å². The Morgan fingerprint density at radius 1 is 0.829 bits per heavy atom. The van der Waals surface area contributed by atoms with Crippen LogP contribution in [0.25, 0.3) is 0 Å². The summed E-state index contributed by atoms with van der Waals surface area (Å²) in [5.41, 5.74) is 2.75. The fraction of sp³-hybridized carbons (Fsp3) is 0.310. The smallest absolute Gasteiger partial charge is 0.258 e. The number of nitrogens with zero attached hydrogens (tertiary/aromatic N) is 1. The quantitative estimate of drug-likeness (QED) is 0.283. The minimum absolute atomic E-state index is 0.100. The van der Waals surface area contributed by atoms with E-state index in [4.69, 9.17) is 4.74 Å². The molecular weight excluding hydrogens is 438 g/mol. The molecule has 0 aliphatic rings. The Balaban J connectivity index is 1.53. The van der Waals surface area contributed by atoms with E-state index in [-0.39, 0.29) is 18.4 Å². The summed E-state index contributed by atoms with van der Waals surface area (Å²) in [5.74, 6) is 0.479. The van der Waals surface area contributed by atoms with Crippen LogP contribution >= 0.6 is 0 Å². The van der Waals surface area contributed by atoms with Crippen LogP contribution in [0.1, 0.15) is 49.9 Å². The lowest BCUT2D eigenvalue weighted by Crippen LogP contribution is -2.30. The number of para-hydroxylation sites is 1. The first-order valence-electron chi connectivity index (χ1n) is 12.3. The van der Waals surface area contributed by atoms with E-state index in [9.17, 15) is 9.59 Å². The van der Waals surface area contributed by atoms with Gasteiger partial charge in [-0.25, -0.2) is 0 Å². The maximum atomic E-state index is 13.1. The number of hydrogen-bond acceptors (Lipinski definition) is 4. The lowest BCUT2D eigenvalue weighted by molar-refractivity contribution is -0.114. The van der Waals surface area contributed by atoms with E-state index in [2.05, 4.69) is 17.6 Å². The van der Waals surface area contributed by atoms with E-state index in [1.165, 1.54) is 19.3 Å². The van der Waals surface area contributed by atoms with E-state index >= 15 is 0 Å². The molecule has 0 spiro atoms. The fourth-order valence-electron chi connectivity index (χ4n) is 3.74. The number of rotatable bonds is 13. The van der Waals surface area contributed by atoms with Crippen molar-refractivity contribution in [2.75, 3.05) is 35.2 Å². The second-order valence-electron chi connectivity index (χ2n) is 8.30. The molecule has 0 aromatic heterocycles. The number of unbranched alkanes of at least 4 members (excludes halogenated alkanes) is 3. The molecule has 3 aromatic rings. The van der Waals surface area contributed by atoms with Crippen molar-refractivity contribution in [1.29, 1.82) is 0 Å². The molecule has 0 saturated heterocycles. The zero-order valence-electron chi connectivity index (χ0n) is 20.6. The molecule has 0 aliphatic carbocycles. The normalized spacial score (nSPS) is 10.5. The Hall–Kier alpha value is -3.80. The van der Waals surface area contributed by atoms with Crippen molar-refractivity contribution < 1.29 is 14.3 Å². The fourth-order valence-corrected chi connectivity index (χ4v) is 3.74. The SMILES string of the molecule is CCCCCCOc1cccc(NCC(=O)Nc2cccc(C(=O)N(CC)c3ccccc3)c2)c1. The van der Waals surface area contributed by atoms with Crippen LogP contribution in [0.15, 0.2) is 78.9 Å². The van der Waals surface area contributed by atoms with Crippen molar-refractivity contribution in [1.82, 2.24) is 0 Å². The van der Waals surface area contributed by atoms with Gasteiger partial charge in [-0.05, 0) is 55.8 Å². The van der Waals surface area contributed by atoms with Crippen LogP contribution in [0.2, 0.25) is 0 Å². The van der Waals surface area contributed by atoms with Gasteiger partial charge in [0.1, 0.15) is 5.75 Å². The van der Waals surface area contributed by atoms with Crippen molar-refractivity contribution in [3.8, 4) is 5.75 Å². The first-order chi connectivity index (χ1) is 17.1. The van der Waals surface area contributed by atoms with Crippen LogP contribution in [0.5, 0.6) is 5.75 Å². The summed E-state index contributed by atoms with van der Waals surface area (Å²) in [4.78, 5) is 27.3. The summed E-state index contributed by atoms with van der Waals surface area (Å²) in [5, 5.41) is 6.00. The summed E-state index contributed by atoms with van der Waals surface area (Å²) < 4.78 is 5.82. The second kappa shape index (κ2) is 13.8. The average molecular weight is 474 g/mol. The van der Waals surface area contributed by atoms with Crippen LogP contribution in [-0.4, -0.2) is 31.5 Å². The van der Waals surface area contributed by atoms with Gasteiger partial charge < -0.3 is 20.3 Å². The van der Waals surface area contributed by atoms with Gasteiger partial charge in [0.25, 0.3) is 5.91 Å². The zero-order valence-corrected chi connectivity index (χ0v) is 20.6. The molecule has 184 valence electrons. The number of hydrogen-bond donors (Lipinski definition) is 2. The predicted octanol–water partition coefficient (Wildman–Crippen LogP) is 6.36. The number of anilines is 3. The maximum absolute atomic E-state index is 13.1. The van der Waals surface area contributed by atoms with Crippen LogP contribution in [-0.2, 0) is 4.79 Å². The molecule has 3 aromatic carbocycles. The van der Waals surface area contributed by atoms with E-state index in [0.29, 0.717) is 24.4 Å². The molecule has 2 amide bonds. The Kier molecular flexibility index (Phi) is 10.2. The number of carbonyl (C=O) groups excluding carboxylic acids is 2. The highest BCUT2D eigenvalue weighted by molar-refractivity contribution is 6.07. The van der Waals surface area contributed by atoms with Gasteiger partial charge in [-0.3, -0.25) is 9.59 Å². The largest absolute Gasteiger partial charge is 0.494 e. The van der Waals surface area contributed by atoms with Gasteiger partial charge >= 0.3 is 0 Å². The highest BCUT2D eigenvalue weighted by Gasteiger charge is 2.16. The standard InChI is InChI=1S/C29H35N3O3/c1-3-5-6-10-19-35-27-18-12-14-24(21-27)30-22-28(33)31-25-15-11-13-23(20-25)29(34)32(4-2)26-16-8-7-9-17-26/h7-9,11-18,20-21,30H,3-6,10,19,22H2,1-2H3,(H,31,33). The predicted molar refractivity (Wildman–Crippen MR) is 143 cm³/mol. The van der Waals surface area contributed by atoms with Crippen molar-refractivity contribution in [3.63, 3.8) is 0 Å². The molecule has 35 heavy (non-hydrogen) atoms. The van der Waals surface area contributed by atoms with E-state index < -0.39 is 0 Å². The maximum Gasteiger partial charge on any atom is 0.258 e. The summed E-state index contributed by atoms with van der Waals surface area (Å²) in [6.45, 7) is 5.47. The first-order valence-corrected chi connectivity index (χ1v) is 12.3. The Bertz CT molecular complexity index is 1090. The molecular formula is C29H35N3O3. The molecule has 0 aliphatic heterocycles. The highest BCUT2D eigenvalue weighted by atomic mass is 16.5. The van der Waals surface area contributed by atoms with E-state index in [0.717, 1.165) is 23.5 Å². The lowest BCUT2D eigenvalue weighted by atomic mass is 10.1. The summed E-state index contributed by atoms with van der Waals surface area (Å²) >= 11 is 0. The lowest BCUT2D eigenvalue weighted by Gasteiger charge is -2.21. The van der Waals surface area contributed by atoms with Crippen LogP contribution in [0, 0.1) is 0 Å². The summed E-state index contributed by atoms with van der Waals surface area (Å²) in [6.07, 6.45) is 4.63. The molecule has 0 heterocycles. The van der Waals surface area contributed by atoms with Crippen LogP contribution < -0.4 is 20.3 Å². The molecule has 3 rings (SSSR count). The molecule has 0 unspecified atom stereocenters. The van der Waals surface area contributed by atoms with Gasteiger partial charge in [-0.1, -0.05) is 56.5 Å². The third-order valence-corrected chi connectivity index (χ3v) is 5.58. The Morgan fingerprint density at radius 3 is 2.37 bits per heavy atom. The number of nitrogens with one attached hydrogen (secondary N) is 2. The average Bonchev–Trinajstić information content (AvgIpc) is 2.89. The van der Waals surface area contributed by atoms with Crippen molar-refractivity contribution in [2.24, 2.45) is 0 Å². The van der Waals surface area contributed by atoms with Crippen molar-refractivity contribution in [2.45, 2.75) is 39.5 Å². The number of amides is 2. The zero-order chi connectivity index (χ0) is 24.9.